The molecule has 3 N–H and O–H groups in total. The molecule has 2 aromatic rings. The van der Waals surface area contributed by atoms with Crippen LogP contribution in [0.2, 0.25) is 0 Å². The summed E-state index contributed by atoms with van der Waals surface area (Å²) in [5.74, 6) is 0. The van der Waals surface area contributed by atoms with E-state index in [-0.39, 0.29) is 5.54 Å². The number of hydrogen-bond acceptors (Lipinski definition) is 3. The summed E-state index contributed by atoms with van der Waals surface area (Å²) >= 11 is 1.86. The van der Waals surface area contributed by atoms with Crippen LogP contribution in [-0.4, -0.2) is 0 Å². The van der Waals surface area contributed by atoms with Crippen molar-refractivity contribution in [2.45, 2.75) is 63.8 Å². The monoisotopic (exact) mass is 380 g/mol. The fraction of sp³-hybridized carbons (Fsp3) is 0.417. The van der Waals surface area contributed by atoms with Gasteiger partial charge in [-0.2, -0.15) is 0 Å². The molecule has 0 saturated heterocycles. The molecule has 27 heavy (non-hydrogen) atoms. The number of unbranched alkanes of at least 4 members (excludes halogenated alkanes) is 5. The fourth-order valence-corrected chi connectivity index (χ4v) is 4.72. The number of nitrogens with one attached hydrogen (secondary N) is 1. The van der Waals surface area contributed by atoms with E-state index in [1.54, 1.807) is 0 Å². The first kappa shape index (κ1) is 19.8. The molecule has 2 nitrogen and oxygen atoms in total. The number of para-hydroxylation sites is 1. The fourth-order valence-electron chi connectivity index (χ4n) is 3.62. The molecular weight excluding hydrogens is 348 g/mol. The number of allylic oxidation sites excluding steroid dienone is 1. The van der Waals surface area contributed by atoms with Gasteiger partial charge in [0.2, 0.25) is 0 Å². The van der Waals surface area contributed by atoms with Crippen LogP contribution in [0.5, 0.6) is 0 Å². The minimum Gasteiger partial charge on any atom is -0.399 e. The molecule has 1 atom stereocenters. The average Bonchev–Trinajstić information content (AvgIpc) is 3.17. The molecule has 1 unspecified atom stereocenters. The van der Waals surface area contributed by atoms with Gasteiger partial charge >= 0.3 is 0 Å². The molecule has 1 aliphatic carbocycles. The number of thiophene rings is 1. The SMILES string of the molecule is CCCCCCCCc1csc(C2(Nc3ccccc3)C=CC(N)=CC2)c1. The lowest BCUT2D eigenvalue weighted by Gasteiger charge is -2.33. The predicted molar refractivity (Wildman–Crippen MR) is 119 cm³/mol. The molecular formula is C24H32N2S. The van der Waals surface area contributed by atoms with Crippen molar-refractivity contribution in [3.63, 3.8) is 0 Å². The lowest BCUT2D eigenvalue weighted by atomic mass is 9.87. The summed E-state index contributed by atoms with van der Waals surface area (Å²) in [6.07, 6.45) is 16.5. The summed E-state index contributed by atoms with van der Waals surface area (Å²) in [6.45, 7) is 2.27. The summed E-state index contributed by atoms with van der Waals surface area (Å²) in [5.41, 5.74) is 9.26. The first-order valence-electron chi connectivity index (χ1n) is 10.3. The molecule has 1 aliphatic rings. The average molecular weight is 381 g/mol. The number of rotatable bonds is 10. The lowest BCUT2D eigenvalue weighted by molar-refractivity contribution is 0.606. The smallest absolute Gasteiger partial charge is 0.0941 e. The van der Waals surface area contributed by atoms with E-state index in [1.807, 2.05) is 17.4 Å². The highest BCUT2D eigenvalue weighted by atomic mass is 32.1. The van der Waals surface area contributed by atoms with Gasteiger partial charge in [-0.1, -0.05) is 69.4 Å². The third kappa shape index (κ3) is 5.49. The third-order valence-corrected chi connectivity index (χ3v) is 6.43. The Hall–Kier alpha value is -2.00. The largest absolute Gasteiger partial charge is 0.399 e. The topological polar surface area (TPSA) is 38.0 Å². The molecule has 1 aromatic carbocycles. The van der Waals surface area contributed by atoms with Gasteiger partial charge in [0.15, 0.2) is 0 Å². The first-order chi connectivity index (χ1) is 13.2. The second-order valence-electron chi connectivity index (χ2n) is 7.54. The van der Waals surface area contributed by atoms with Gasteiger partial charge < -0.3 is 11.1 Å². The van der Waals surface area contributed by atoms with Crippen molar-refractivity contribution in [3.05, 3.63) is 76.1 Å². The Balaban J connectivity index is 1.67. The highest BCUT2D eigenvalue weighted by Crippen LogP contribution is 2.38. The van der Waals surface area contributed by atoms with Crippen molar-refractivity contribution in [1.29, 1.82) is 0 Å². The maximum absolute atomic E-state index is 6.00. The van der Waals surface area contributed by atoms with Gasteiger partial charge in [0, 0.05) is 16.3 Å². The van der Waals surface area contributed by atoms with E-state index in [2.05, 4.69) is 66.2 Å². The normalized spacial score (nSPS) is 19.1. The molecule has 1 heterocycles. The quantitative estimate of drug-likeness (QED) is 0.447. The molecule has 0 aliphatic heterocycles. The molecule has 144 valence electrons. The van der Waals surface area contributed by atoms with Crippen LogP contribution < -0.4 is 11.1 Å². The van der Waals surface area contributed by atoms with Crippen molar-refractivity contribution in [2.75, 3.05) is 5.32 Å². The van der Waals surface area contributed by atoms with Crippen molar-refractivity contribution >= 4 is 17.0 Å². The van der Waals surface area contributed by atoms with Crippen LogP contribution in [-0.2, 0) is 12.0 Å². The van der Waals surface area contributed by atoms with Crippen molar-refractivity contribution in [3.8, 4) is 0 Å². The number of aryl methyl sites for hydroxylation is 1. The molecule has 1 aromatic heterocycles. The van der Waals surface area contributed by atoms with E-state index in [0.717, 1.165) is 17.8 Å². The Morgan fingerprint density at radius 1 is 1.07 bits per heavy atom. The van der Waals surface area contributed by atoms with Crippen LogP contribution in [0.1, 0.15) is 62.3 Å². The first-order valence-corrected chi connectivity index (χ1v) is 11.2. The minimum atomic E-state index is -0.200. The van der Waals surface area contributed by atoms with Gasteiger partial charge in [0.05, 0.1) is 5.54 Å². The zero-order valence-corrected chi connectivity index (χ0v) is 17.2. The zero-order chi connectivity index (χ0) is 19.0. The third-order valence-electron chi connectivity index (χ3n) is 5.27. The van der Waals surface area contributed by atoms with E-state index in [1.165, 1.54) is 55.4 Å². The number of hydrogen-bond donors (Lipinski definition) is 2. The number of benzene rings is 1. The predicted octanol–water partition coefficient (Wildman–Crippen LogP) is 6.76. The molecule has 3 heteroatoms. The summed E-state index contributed by atoms with van der Waals surface area (Å²) < 4.78 is 0. The summed E-state index contributed by atoms with van der Waals surface area (Å²) in [7, 11) is 0. The van der Waals surface area contributed by atoms with Gasteiger partial charge in [0.25, 0.3) is 0 Å². The highest BCUT2D eigenvalue weighted by Gasteiger charge is 2.31. The van der Waals surface area contributed by atoms with Gasteiger partial charge in [-0.15, -0.1) is 11.3 Å². The molecule has 3 rings (SSSR count). The standard InChI is InChI=1S/C24H32N2S/c1-2-3-4-5-6-8-11-20-18-23(27-19-20)24(16-14-21(25)15-17-24)26-22-12-9-7-10-13-22/h7,9-10,12-16,18-19,26H,2-6,8,11,17,25H2,1H3. The Labute approximate surface area is 168 Å². The number of nitrogens with two attached hydrogens (primary N) is 1. The molecule has 0 saturated carbocycles. The van der Waals surface area contributed by atoms with Crippen LogP contribution in [0.3, 0.4) is 0 Å². The summed E-state index contributed by atoms with van der Waals surface area (Å²) in [5, 5.41) is 6.10. The van der Waals surface area contributed by atoms with Gasteiger partial charge in [0.1, 0.15) is 0 Å². The second-order valence-corrected chi connectivity index (χ2v) is 8.45. The lowest BCUT2D eigenvalue weighted by Crippen LogP contribution is -2.33. The van der Waals surface area contributed by atoms with E-state index in [4.69, 9.17) is 5.73 Å². The Morgan fingerprint density at radius 2 is 1.85 bits per heavy atom. The van der Waals surface area contributed by atoms with Crippen molar-refractivity contribution in [1.82, 2.24) is 0 Å². The van der Waals surface area contributed by atoms with Crippen LogP contribution in [0.4, 0.5) is 5.69 Å². The van der Waals surface area contributed by atoms with Crippen LogP contribution in [0.25, 0.3) is 0 Å². The van der Waals surface area contributed by atoms with E-state index in [9.17, 15) is 0 Å². The molecule has 0 bridgehead atoms. The zero-order valence-electron chi connectivity index (χ0n) is 16.4. The van der Waals surface area contributed by atoms with Gasteiger partial charge in [-0.25, -0.2) is 0 Å². The van der Waals surface area contributed by atoms with E-state index in [0.29, 0.717) is 0 Å². The Kier molecular flexibility index (Phi) is 7.17. The van der Waals surface area contributed by atoms with Crippen LogP contribution in [0, 0.1) is 0 Å². The van der Waals surface area contributed by atoms with Crippen LogP contribution in [0.15, 0.2) is 65.7 Å². The van der Waals surface area contributed by atoms with Crippen molar-refractivity contribution < 1.29 is 0 Å². The molecule has 0 spiro atoms. The summed E-state index contributed by atoms with van der Waals surface area (Å²) in [6, 6.07) is 12.9. The van der Waals surface area contributed by atoms with Gasteiger partial charge in [-0.3, -0.25) is 0 Å². The van der Waals surface area contributed by atoms with Gasteiger partial charge in [-0.05, 0) is 54.5 Å². The van der Waals surface area contributed by atoms with Crippen molar-refractivity contribution in [2.24, 2.45) is 5.73 Å². The molecule has 0 radical (unpaired) electrons. The maximum atomic E-state index is 6.00. The highest BCUT2D eigenvalue weighted by molar-refractivity contribution is 7.10. The Bertz CT molecular complexity index is 760. The number of anilines is 1. The second kappa shape index (κ2) is 9.80. The summed E-state index contributed by atoms with van der Waals surface area (Å²) in [4.78, 5) is 1.37. The molecule has 0 fully saturated rings. The molecule has 0 amide bonds. The Morgan fingerprint density at radius 3 is 2.59 bits per heavy atom. The van der Waals surface area contributed by atoms with E-state index >= 15 is 0 Å². The maximum Gasteiger partial charge on any atom is 0.0941 e. The minimum absolute atomic E-state index is 0.200. The van der Waals surface area contributed by atoms with Crippen LogP contribution >= 0.6 is 11.3 Å². The van der Waals surface area contributed by atoms with E-state index < -0.39 is 0 Å².